The molecular weight excluding hydrogens is 383 g/mol. The predicted molar refractivity (Wildman–Crippen MR) is 103 cm³/mol. The van der Waals surface area contributed by atoms with E-state index < -0.39 is 21.7 Å². The maximum Gasteiger partial charge on any atom is 0.248 e. The van der Waals surface area contributed by atoms with Crippen LogP contribution < -0.4 is 10.0 Å². The fourth-order valence-electron chi connectivity index (χ4n) is 2.34. The molecule has 2 N–H and O–H groups in total. The van der Waals surface area contributed by atoms with Gasteiger partial charge in [0.15, 0.2) is 0 Å². The van der Waals surface area contributed by atoms with Gasteiger partial charge in [-0.1, -0.05) is 18.2 Å². The van der Waals surface area contributed by atoms with E-state index in [1.807, 2.05) is 0 Å². The second kappa shape index (κ2) is 8.64. The quantitative estimate of drug-likeness (QED) is 0.594. The number of amides is 1. The van der Waals surface area contributed by atoms with Crippen molar-refractivity contribution in [2.45, 2.75) is 11.4 Å². The normalized spacial score (nSPS) is 11.6. The number of carbonyl (C=O) groups excluding carboxylic acids is 1. The van der Waals surface area contributed by atoms with Crippen molar-refractivity contribution < 1.29 is 22.0 Å². The number of halogens is 1. The molecule has 0 unspecified atom stereocenters. The molecule has 3 rings (SSSR count). The second-order valence-corrected chi connectivity index (χ2v) is 7.54. The lowest BCUT2D eigenvalue weighted by molar-refractivity contribution is -0.111. The van der Waals surface area contributed by atoms with Crippen molar-refractivity contribution in [3.8, 4) is 0 Å². The van der Waals surface area contributed by atoms with Crippen LogP contribution in [0, 0.1) is 5.82 Å². The van der Waals surface area contributed by atoms with E-state index in [-0.39, 0.29) is 11.4 Å². The Bertz CT molecular complexity index is 1080. The lowest BCUT2D eigenvalue weighted by Gasteiger charge is -2.07. The molecule has 28 heavy (non-hydrogen) atoms. The third-order valence-electron chi connectivity index (χ3n) is 3.77. The molecule has 0 bridgehead atoms. The topological polar surface area (TPSA) is 88.4 Å². The number of nitrogens with one attached hydrogen (secondary N) is 2. The Morgan fingerprint density at radius 1 is 1.04 bits per heavy atom. The first kappa shape index (κ1) is 19.5. The highest BCUT2D eigenvalue weighted by Crippen LogP contribution is 2.15. The first-order valence-electron chi connectivity index (χ1n) is 8.30. The zero-order valence-electron chi connectivity index (χ0n) is 14.6. The van der Waals surface area contributed by atoms with E-state index in [1.54, 1.807) is 30.3 Å². The molecule has 6 nitrogen and oxygen atoms in total. The van der Waals surface area contributed by atoms with Gasteiger partial charge in [0, 0.05) is 17.3 Å². The summed E-state index contributed by atoms with van der Waals surface area (Å²) in [5.74, 6) is -0.396. The van der Waals surface area contributed by atoms with Gasteiger partial charge >= 0.3 is 0 Å². The minimum Gasteiger partial charge on any atom is -0.468 e. The van der Waals surface area contributed by atoms with Crippen LogP contribution in [0.25, 0.3) is 6.08 Å². The maximum absolute atomic E-state index is 13.5. The summed E-state index contributed by atoms with van der Waals surface area (Å²) >= 11 is 0. The molecule has 0 radical (unpaired) electrons. The maximum atomic E-state index is 13.5. The number of benzene rings is 2. The molecule has 2 aromatic carbocycles. The first-order chi connectivity index (χ1) is 13.4. The van der Waals surface area contributed by atoms with Crippen LogP contribution >= 0.6 is 0 Å². The standard InChI is InChI=1S/C20H17FN2O4S/c21-19-6-2-1-4-15(19)7-12-20(24)23-16-8-10-18(11-9-16)28(25,26)22-14-17-5-3-13-27-17/h1-13,22H,14H2,(H,23,24)/b12-7+. The first-order valence-corrected chi connectivity index (χ1v) is 9.78. The van der Waals surface area contributed by atoms with Crippen molar-refractivity contribution in [3.63, 3.8) is 0 Å². The van der Waals surface area contributed by atoms with Gasteiger partial charge in [-0.3, -0.25) is 4.79 Å². The van der Waals surface area contributed by atoms with E-state index in [2.05, 4.69) is 10.0 Å². The highest BCUT2D eigenvalue weighted by Gasteiger charge is 2.14. The van der Waals surface area contributed by atoms with Gasteiger partial charge in [0.2, 0.25) is 15.9 Å². The van der Waals surface area contributed by atoms with E-state index in [9.17, 15) is 17.6 Å². The molecule has 0 aliphatic carbocycles. The zero-order valence-corrected chi connectivity index (χ0v) is 15.4. The van der Waals surface area contributed by atoms with Crippen LogP contribution in [-0.2, 0) is 21.4 Å². The molecule has 0 saturated carbocycles. The summed E-state index contributed by atoms with van der Waals surface area (Å²) in [5.41, 5.74) is 0.704. The lowest BCUT2D eigenvalue weighted by atomic mass is 10.2. The fraction of sp³-hybridized carbons (Fsp3) is 0.0500. The van der Waals surface area contributed by atoms with Gasteiger partial charge in [-0.2, -0.15) is 0 Å². The number of hydrogen-bond donors (Lipinski definition) is 2. The average molecular weight is 400 g/mol. The molecule has 0 saturated heterocycles. The van der Waals surface area contributed by atoms with Crippen molar-refractivity contribution in [3.05, 3.63) is 90.1 Å². The third-order valence-corrected chi connectivity index (χ3v) is 5.19. The molecule has 1 heterocycles. The summed E-state index contributed by atoms with van der Waals surface area (Å²) < 4.78 is 45.6. The summed E-state index contributed by atoms with van der Waals surface area (Å²) in [5, 5.41) is 2.59. The van der Waals surface area contributed by atoms with Crippen LogP contribution in [-0.4, -0.2) is 14.3 Å². The van der Waals surface area contributed by atoms with Crippen molar-refractivity contribution in [1.82, 2.24) is 4.72 Å². The Morgan fingerprint density at radius 3 is 2.46 bits per heavy atom. The largest absolute Gasteiger partial charge is 0.468 e. The van der Waals surface area contributed by atoms with Gasteiger partial charge in [0.05, 0.1) is 17.7 Å². The van der Waals surface area contributed by atoms with E-state index >= 15 is 0 Å². The third kappa shape index (κ3) is 5.15. The van der Waals surface area contributed by atoms with Gasteiger partial charge in [-0.15, -0.1) is 0 Å². The lowest BCUT2D eigenvalue weighted by Crippen LogP contribution is -2.23. The second-order valence-electron chi connectivity index (χ2n) is 5.77. The molecule has 8 heteroatoms. The van der Waals surface area contributed by atoms with Crippen LogP contribution in [0.4, 0.5) is 10.1 Å². The van der Waals surface area contributed by atoms with Gasteiger partial charge in [0.25, 0.3) is 0 Å². The monoisotopic (exact) mass is 400 g/mol. The van der Waals surface area contributed by atoms with Gasteiger partial charge in [0.1, 0.15) is 11.6 Å². The molecule has 0 fully saturated rings. The van der Waals surface area contributed by atoms with E-state index in [4.69, 9.17) is 4.42 Å². The van der Waals surface area contributed by atoms with Crippen LogP contribution in [0.15, 0.2) is 82.3 Å². The predicted octanol–water partition coefficient (Wildman–Crippen LogP) is 3.55. The highest BCUT2D eigenvalue weighted by molar-refractivity contribution is 7.89. The molecule has 0 aliphatic heterocycles. The van der Waals surface area contributed by atoms with Gasteiger partial charge in [-0.05, 0) is 48.5 Å². The number of carbonyl (C=O) groups is 1. The van der Waals surface area contributed by atoms with Crippen LogP contribution in [0.2, 0.25) is 0 Å². The molecule has 3 aromatic rings. The number of furan rings is 1. The van der Waals surface area contributed by atoms with Crippen LogP contribution in [0.5, 0.6) is 0 Å². The average Bonchev–Trinajstić information content (AvgIpc) is 3.20. The summed E-state index contributed by atoms with van der Waals surface area (Å²) in [7, 11) is -3.71. The molecule has 0 spiro atoms. The zero-order chi connectivity index (χ0) is 20.0. The molecule has 0 aliphatic rings. The van der Waals surface area contributed by atoms with E-state index in [0.717, 1.165) is 0 Å². The van der Waals surface area contributed by atoms with Crippen molar-refractivity contribution in [2.75, 3.05) is 5.32 Å². The summed E-state index contributed by atoms with van der Waals surface area (Å²) in [6.07, 6.45) is 4.03. The summed E-state index contributed by atoms with van der Waals surface area (Å²) in [6, 6.07) is 15.1. The molecule has 0 atom stereocenters. The van der Waals surface area contributed by atoms with Gasteiger partial charge in [-0.25, -0.2) is 17.5 Å². The Labute approximate surface area is 161 Å². The van der Waals surface area contributed by atoms with Crippen molar-refractivity contribution in [2.24, 2.45) is 0 Å². The van der Waals surface area contributed by atoms with Crippen molar-refractivity contribution in [1.29, 1.82) is 0 Å². The van der Waals surface area contributed by atoms with E-state index in [1.165, 1.54) is 48.7 Å². The number of rotatable bonds is 7. The number of hydrogen-bond acceptors (Lipinski definition) is 4. The molecular formula is C20H17FN2O4S. The Hall–Kier alpha value is -3.23. The Kier molecular flexibility index (Phi) is 6.03. The summed E-state index contributed by atoms with van der Waals surface area (Å²) in [6.45, 7) is 0.0364. The SMILES string of the molecule is O=C(/C=C/c1ccccc1F)Nc1ccc(S(=O)(=O)NCc2ccco2)cc1. The molecule has 1 amide bonds. The van der Waals surface area contributed by atoms with Gasteiger partial charge < -0.3 is 9.73 Å². The minimum atomic E-state index is -3.71. The number of anilines is 1. The van der Waals surface area contributed by atoms with Crippen molar-refractivity contribution >= 4 is 27.7 Å². The smallest absolute Gasteiger partial charge is 0.248 e. The Balaban J connectivity index is 1.60. The molecule has 1 aromatic heterocycles. The number of sulfonamides is 1. The highest BCUT2D eigenvalue weighted by atomic mass is 32.2. The summed E-state index contributed by atoms with van der Waals surface area (Å²) in [4.78, 5) is 12.0. The Morgan fingerprint density at radius 2 is 1.79 bits per heavy atom. The molecule has 144 valence electrons. The van der Waals surface area contributed by atoms with Crippen LogP contribution in [0.1, 0.15) is 11.3 Å². The minimum absolute atomic E-state index is 0.0364. The van der Waals surface area contributed by atoms with Crippen LogP contribution in [0.3, 0.4) is 0 Å². The van der Waals surface area contributed by atoms with E-state index in [0.29, 0.717) is 17.0 Å². The fourth-order valence-corrected chi connectivity index (χ4v) is 3.33.